The molecule has 0 amide bonds. The third-order valence-corrected chi connectivity index (χ3v) is 3.08. The fourth-order valence-electron chi connectivity index (χ4n) is 1.94. The lowest BCUT2D eigenvalue weighted by Gasteiger charge is -2.17. The summed E-state index contributed by atoms with van der Waals surface area (Å²) in [7, 11) is 1.64. The van der Waals surface area contributed by atoms with E-state index in [1.54, 1.807) is 25.6 Å². The summed E-state index contributed by atoms with van der Waals surface area (Å²) in [4.78, 5) is 4.09. The number of benzene rings is 1. The topological polar surface area (TPSA) is 86.2 Å². The van der Waals surface area contributed by atoms with Gasteiger partial charge < -0.3 is 10.5 Å². The molecular formula is C14H18N4O. The van der Waals surface area contributed by atoms with Gasteiger partial charge in [0.15, 0.2) is 0 Å². The normalized spacial score (nSPS) is 12.1. The van der Waals surface area contributed by atoms with Crippen molar-refractivity contribution < 1.29 is 4.74 Å². The van der Waals surface area contributed by atoms with Crippen LogP contribution in [0.5, 0.6) is 5.75 Å². The number of methoxy groups -OCH3 is 1. The highest BCUT2D eigenvalue weighted by Crippen LogP contribution is 2.22. The molecule has 19 heavy (non-hydrogen) atoms. The Morgan fingerprint density at radius 2 is 2.00 bits per heavy atom. The van der Waals surface area contributed by atoms with Gasteiger partial charge in [-0.2, -0.15) is 0 Å². The first-order valence-electron chi connectivity index (χ1n) is 6.03. The number of ether oxygens (including phenoxy) is 1. The summed E-state index contributed by atoms with van der Waals surface area (Å²) in [5.74, 6) is 6.45. The molecule has 0 saturated heterocycles. The number of hydrogen-bond acceptors (Lipinski definition) is 5. The van der Waals surface area contributed by atoms with Crippen LogP contribution in [0.1, 0.15) is 17.2 Å². The quantitative estimate of drug-likeness (QED) is 0.558. The van der Waals surface area contributed by atoms with Gasteiger partial charge in [0.2, 0.25) is 0 Å². The highest BCUT2D eigenvalue weighted by molar-refractivity contribution is 5.45. The largest absolute Gasteiger partial charge is 0.497 e. The summed E-state index contributed by atoms with van der Waals surface area (Å²) in [5.41, 5.74) is 11.5. The second-order valence-electron chi connectivity index (χ2n) is 4.27. The predicted octanol–water partition coefficient (Wildman–Crippen LogP) is 1.42. The molecule has 5 heteroatoms. The van der Waals surface area contributed by atoms with E-state index in [-0.39, 0.29) is 6.04 Å². The molecule has 2 aromatic rings. The van der Waals surface area contributed by atoms with Crippen LogP contribution in [0.15, 0.2) is 42.7 Å². The van der Waals surface area contributed by atoms with Gasteiger partial charge in [0.25, 0.3) is 0 Å². The van der Waals surface area contributed by atoms with Crippen LogP contribution in [0.4, 0.5) is 5.69 Å². The third-order valence-electron chi connectivity index (χ3n) is 3.08. The number of nitrogens with two attached hydrogens (primary N) is 2. The molecule has 1 aromatic carbocycles. The summed E-state index contributed by atoms with van der Waals surface area (Å²) >= 11 is 0. The summed E-state index contributed by atoms with van der Waals surface area (Å²) < 4.78 is 5.14. The van der Waals surface area contributed by atoms with E-state index in [1.807, 2.05) is 24.3 Å². The number of hydrazine groups is 1. The van der Waals surface area contributed by atoms with Crippen LogP contribution in [0.3, 0.4) is 0 Å². The van der Waals surface area contributed by atoms with Crippen LogP contribution in [0.25, 0.3) is 0 Å². The number of pyridine rings is 1. The second kappa shape index (κ2) is 6.17. The number of nitrogen functional groups attached to an aromatic ring is 1. The number of hydrogen-bond donors (Lipinski definition) is 3. The van der Waals surface area contributed by atoms with E-state index in [0.717, 1.165) is 22.6 Å². The van der Waals surface area contributed by atoms with Crippen LogP contribution in [-0.4, -0.2) is 12.1 Å². The number of anilines is 1. The Hall–Kier alpha value is -2.11. The maximum atomic E-state index is 5.92. The Kier molecular flexibility index (Phi) is 4.33. The molecular weight excluding hydrogens is 240 g/mol. The summed E-state index contributed by atoms with van der Waals surface area (Å²) in [6.45, 7) is 0. The third kappa shape index (κ3) is 3.21. The van der Waals surface area contributed by atoms with Gasteiger partial charge >= 0.3 is 0 Å². The van der Waals surface area contributed by atoms with Gasteiger partial charge in [-0.15, -0.1) is 0 Å². The molecule has 1 atom stereocenters. The molecule has 0 spiro atoms. The maximum absolute atomic E-state index is 5.92. The van der Waals surface area contributed by atoms with Crippen molar-refractivity contribution in [2.45, 2.75) is 12.5 Å². The fourth-order valence-corrected chi connectivity index (χ4v) is 1.94. The predicted molar refractivity (Wildman–Crippen MR) is 75.4 cm³/mol. The summed E-state index contributed by atoms with van der Waals surface area (Å²) in [6, 6.07) is 9.55. The minimum Gasteiger partial charge on any atom is -0.497 e. The zero-order valence-electron chi connectivity index (χ0n) is 10.8. The summed E-state index contributed by atoms with van der Waals surface area (Å²) in [5, 5.41) is 0. The first kappa shape index (κ1) is 13.3. The number of rotatable bonds is 5. The lowest BCUT2D eigenvalue weighted by molar-refractivity contribution is 0.414. The molecule has 1 heterocycles. The minimum absolute atomic E-state index is 0.0163. The van der Waals surface area contributed by atoms with Crippen LogP contribution >= 0.6 is 0 Å². The van der Waals surface area contributed by atoms with Crippen molar-refractivity contribution in [2.75, 3.05) is 12.8 Å². The van der Waals surface area contributed by atoms with Crippen molar-refractivity contribution in [2.24, 2.45) is 5.84 Å². The van der Waals surface area contributed by atoms with Crippen molar-refractivity contribution in [3.63, 3.8) is 0 Å². The van der Waals surface area contributed by atoms with E-state index >= 15 is 0 Å². The van der Waals surface area contributed by atoms with E-state index in [0.29, 0.717) is 6.42 Å². The van der Waals surface area contributed by atoms with Gasteiger partial charge in [0.1, 0.15) is 5.75 Å². The van der Waals surface area contributed by atoms with Crippen LogP contribution in [0.2, 0.25) is 0 Å². The van der Waals surface area contributed by atoms with Crippen molar-refractivity contribution >= 4 is 5.69 Å². The van der Waals surface area contributed by atoms with Gasteiger partial charge in [-0.1, -0.05) is 12.1 Å². The van der Waals surface area contributed by atoms with Gasteiger partial charge in [0.05, 0.1) is 13.2 Å². The molecule has 100 valence electrons. The zero-order valence-corrected chi connectivity index (χ0v) is 10.8. The number of aromatic nitrogens is 1. The van der Waals surface area contributed by atoms with Crippen molar-refractivity contribution in [1.29, 1.82) is 0 Å². The lowest BCUT2D eigenvalue weighted by atomic mass is 9.99. The maximum Gasteiger partial charge on any atom is 0.118 e. The molecule has 2 rings (SSSR count). The van der Waals surface area contributed by atoms with Crippen molar-refractivity contribution in [1.82, 2.24) is 10.4 Å². The van der Waals surface area contributed by atoms with E-state index in [1.165, 1.54) is 0 Å². The minimum atomic E-state index is -0.0163. The molecule has 0 saturated carbocycles. The highest BCUT2D eigenvalue weighted by Gasteiger charge is 2.12. The SMILES string of the molecule is COc1ccc(C(Cc2cnccc2N)NN)cc1. The molecule has 0 aliphatic heterocycles. The van der Waals surface area contributed by atoms with Gasteiger partial charge in [-0.3, -0.25) is 16.3 Å². The smallest absolute Gasteiger partial charge is 0.118 e. The van der Waals surface area contributed by atoms with E-state index in [9.17, 15) is 0 Å². The molecule has 0 aliphatic carbocycles. The van der Waals surface area contributed by atoms with Crippen LogP contribution < -0.4 is 21.7 Å². The molecule has 0 aliphatic rings. The zero-order chi connectivity index (χ0) is 13.7. The molecule has 0 fully saturated rings. The first-order chi connectivity index (χ1) is 9.24. The molecule has 5 N–H and O–H groups in total. The average Bonchev–Trinajstić information content (AvgIpc) is 2.47. The van der Waals surface area contributed by atoms with Gasteiger partial charge in [-0.05, 0) is 35.7 Å². The molecule has 0 bridgehead atoms. The average molecular weight is 258 g/mol. The number of nitrogens with one attached hydrogen (secondary N) is 1. The molecule has 0 radical (unpaired) electrons. The lowest BCUT2D eigenvalue weighted by Crippen LogP contribution is -2.29. The van der Waals surface area contributed by atoms with Gasteiger partial charge in [0, 0.05) is 18.1 Å². The Bertz CT molecular complexity index is 527. The van der Waals surface area contributed by atoms with Gasteiger partial charge in [-0.25, -0.2) is 0 Å². The first-order valence-corrected chi connectivity index (χ1v) is 6.03. The number of nitrogens with zero attached hydrogens (tertiary/aromatic N) is 1. The van der Waals surface area contributed by atoms with E-state index < -0.39 is 0 Å². The van der Waals surface area contributed by atoms with Crippen molar-refractivity contribution in [3.05, 3.63) is 53.9 Å². The Labute approximate surface area is 112 Å². The summed E-state index contributed by atoms with van der Waals surface area (Å²) in [6.07, 6.45) is 4.13. The van der Waals surface area contributed by atoms with E-state index in [2.05, 4.69) is 10.4 Å². The monoisotopic (exact) mass is 258 g/mol. The Balaban J connectivity index is 2.17. The highest BCUT2D eigenvalue weighted by atomic mass is 16.5. The Morgan fingerprint density at radius 1 is 1.26 bits per heavy atom. The van der Waals surface area contributed by atoms with E-state index in [4.69, 9.17) is 16.3 Å². The van der Waals surface area contributed by atoms with Crippen LogP contribution in [0, 0.1) is 0 Å². The Morgan fingerprint density at radius 3 is 2.58 bits per heavy atom. The molecule has 1 unspecified atom stereocenters. The molecule has 1 aromatic heterocycles. The standard InChI is InChI=1S/C14H18N4O/c1-19-12-4-2-10(3-5-12)14(18-16)8-11-9-17-7-6-13(11)15/h2-7,9,14,18H,8,16H2,1H3,(H2,15,17). The van der Waals surface area contributed by atoms with Crippen LogP contribution in [-0.2, 0) is 6.42 Å². The fraction of sp³-hybridized carbons (Fsp3) is 0.214. The second-order valence-corrected chi connectivity index (χ2v) is 4.27. The van der Waals surface area contributed by atoms with Crippen molar-refractivity contribution in [3.8, 4) is 5.75 Å². The molecule has 5 nitrogen and oxygen atoms in total.